The number of aryl methyl sites for hydroxylation is 1. The van der Waals surface area contributed by atoms with Crippen LogP contribution in [-0.4, -0.2) is 39.5 Å². The molecule has 25 heavy (non-hydrogen) atoms. The first-order chi connectivity index (χ1) is 11.9. The monoisotopic (exact) mass is 356 g/mol. The summed E-state index contributed by atoms with van der Waals surface area (Å²) < 4.78 is 46.2. The molecule has 136 valence electrons. The van der Waals surface area contributed by atoms with Crippen molar-refractivity contribution in [3.05, 3.63) is 23.7 Å². The lowest BCUT2D eigenvalue weighted by Gasteiger charge is -2.13. The molecule has 0 amide bonds. The number of nitrogens with zero attached hydrogens (tertiary/aromatic N) is 4. The summed E-state index contributed by atoms with van der Waals surface area (Å²) in [6.07, 6.45) is -1.07. The molecule has 2 aromatic rings. The number of nitrogens with one attached hydrogen (secondary N) is 2. The standard InChI is InChI=1S/C15H19F3N6O/c1-3-19-13-11(15(16,17)18)6-20-14(22-13)21-12-7-24(23-9(12)2)10-4-5-25-8-10/h6-7,10H,3-5,8H2,1-2H3,(H2,19,20,21,22). The highest BCUT2D eigenvalue weighted by Gasteiger charge is 2.35. The zero-order chi connectivity index (χ0) is 18.0. The van der Waals surface area contributed by atoms with Crippen LogP contribution in [0.5, 0.6) is 0 Å². The van der Waals surface area contributed by atoms with Gasteiger partial charge in [-0.05, 0) is 20.3 Å². The number of hydrogen-bond donors (Lipinski definition) is 2. The molecule has 1 aliphatic rings. The Bertz CT molecular complexity index is 739. The van der Waals surface area contributed by atoms with Gasteiger partial charge in [0.15, 0.2) is 0 Å². The Labute approximate surface area is 142 Å². The molecule has 1 saturated heterocycles. The maximum absolute atomic E-state index is 13.0. The number of anilines is 3. The third-order valence-electron chi connectivity index (χ3n) is 3.88. The number of halogens is 3. The van der Waals surface area contributed by atoms with Crippen LogP contribution >= 0.6 is 0 Å². The Morgan fingerprint density at radius 2 is 2.20 bits per heavy atom. The summed E-state index contributed by atoms with van der Waals surface area (Å²) in [5.74, 6) is -0.170. The first-order valence-electron chi connectivity index (χ1n) is 7.97. The van der Waals surface area contributed by atoms with Gasteiger partial charge in [0, 0.05) is 25.5 Å². The van der Waals surface area contributed by atoms with E-state index in [4.69, 9.17) is 4.74 Å². The van der Waals surface area contributed by atoms with Crippen LogP contribution in [0, 0.1) is 6.92 Å². The van der Waals surface area contributed by atoms with Crippen LogP contribution in [0.1, 0.15) is 30.6 Å². The lowest BCUT2D eigenvalue weighted by molar-refractivity contribution is -0.137. The molecule has 0 bridgehead atoms. The Morgan fingerprint density at radius 3 is 2.84 bits per heavy atom. The van der Waals surface area contributed by atoms with E-state index in [0.29, 0.717) is 31.1 Å². The number of ether oxygens (including phenoxy) is 1. The summed E-state index contributed by atoms with van der Waals surface area (Å²) in [5.41, 5.74) is 0.463. The minimum absolute atomic E-state index is 0.0780. The molecule has 1 aliphatic heterocycles. The van der Waals surface area contributed by atoms with Crippen molar-refractivity contribution in [1.29, 1.82) is 0 Å². The van der Waals surface area contributed by atoms with Gasteiger partial charge in [-0.3, -0.25) is 4.68 Å². The summed E-state index contributed by atoms with van der Waals surface area (Å²) in [5, 5.41) is 9.99. The molecule has 1 fully saturated rings. The summed E-state index contributed by atoms with van der Waals surface area (Å²) in [7, 11) is 0. The highest BCUT2D eigenvalue weighted by atomic mass is 19.4. The van der Waals surface area contributed by atoms with Gasteiger partial charge in [-0.1, -0.05) is 0 Å². The van der Waals surface area contributed by atoms with Gasteiger partial charge in [0.05, 0.1) is 24.0 Å². The largest absolute Gasteiger partial charge is 0.421 e. The zero-order valence-corrected chi connectivity index (χ0v) is 13.9. The summed E-state index contributed by atoms with van der Waals surface area (Å²) >= 11 is 0. The smallest absolute Gasteiger partial charge is 0.379 e. The Hall–Kier alpha value is -2.36. The molecular formula is C15H19F3N6O. The van der Waals surface area contributed by atoms with Crippen LogP contribution in [0.25, 0.3) is 0 Å². The van der Waals surface area contributed by atoms with Gasteiger partial charge in [-0.2, -0.15) is 23.3 Å². The molecular weight excluding hydrogens is 337 g/mol. The van der Waals surface area contributed by atoms with Crippen LogP contribution in [-0.2, 0) is 10.9 Å². The molecule has 2 N–H and O–H groups in total. The quantitative estimate of drug-likeness (QED) is 0.857. The number of hydrogen-bond acceptors (Lipinski definition) is 6. The molecule has 3 heterocycles. The first-order valence-corrected chi connectivity index (χ1v) is 7.97. The van der Waals surface area contributed by atoms with Gasteiger partial charge >= 0.3 is 6.18 Å². The van der Waals surface area contributed by atoms with Gasteiger partial charge in [-0.25, -0.2) is 4.98 Å². The lowest BCUT2D eigenvalue weighted by Crippen LogP contribution is -2.14. The third-order valence-corrected chi connectivity index (χ3v) is 3.88. The van der Waals surface area contributed by atoms with Gasteiger partial charge in [0.2, 0.25) is 5.95 Å². The average Bonchev–Trinajstić information content (AvgIpc) is 3.17. The minimum Gasteiger partial charge on any atom is -0.379 e. The molecule has 3 rings (SSSR count). The highest BCUT2D eigenvalue weighted by molar-refractivity contribution is 5.58. The van der Waals surface area contributed by atoms with Crippen LogP contribution < -0.4 is 10.6 Å². The molecule has 0 aliphatic carbocycles. The van der Waals surface area contributed by atoms with Crippen LogP contribution in [0.15, 0.2) is 12.4 Å². The number of rotatable bonds is 5. The van der Waals surface area contributed by atoms with Crippen molar-refractivity contribution in [3.8, 4) is 0 Å². The second-order valence-corrected chi connectivity index (χ2v) is 5.73. The van der Waals surface area contributed by atoms with E-state index in [1.807, 2.05) is 6.92 Å². The van der Waals surface area contributed by atoms with E-state index in [0.717, 1.165) is 12.6 Å². The molecule has 7 nitrogen and oxygen atoms in total. The van der Waals surface area contributed by atoms with Crippen LogP contribution in [0.4, 0.5) is 30.6 Å². The van der Waals surface area contributed by atoms with Crippen molar-refractivity contribution in [2.45, 2.75) is 32.5 Å². The average molecular weight is 356 g/mol. The Morgan fingerprint density at radius 1 is 1.40 bits per heavy atom. The number of alkyl halides is 3. The van der Waals surface area contributed by atoms with Gasteiger partial charge in [0.25, 0.3) is 0 Å². The van der Waals surface area contributed by atoms with Crippen molar-refractivity contribution >= 4 is 17.5 Å². The van der Waals surface area contributed by atoms with E-state index in [1.54, 1.807) is 17.8 Å². The second kappa shape index (κ2) is 6.87. The van der Waals surface area contributed by atoms with Crippen LogP contribution in [0.2, 0.25) is 0 Å². The van der Waals surface area contributed by atoms with Crippen molar-refractivity contribution in [2.24, 2.45) is 0 Å². The SMILES string of the molecule is CCNc1nc(Nc2cn(C3CCOC3)nc2C)ncc1C(F)(F)F. The van der Waals surface area contributed by atoms with Crippen molar-refractivity contribution in [3.63, 3.8) is 0 Å². The third kappa shape index (κ3) is 3.84. The van der Waals surface area contributed by atoms with Gasteiger partial charge in [0.1, 0.15) is 11.4 Å². The number of aromatic nitrogens is 4. The molecule has 0 radical (unpaired) electrons. The minimum atomic E-state index is -4.51. The molecule has 0 saturated carbocycles. The van der Waals surface area contributed by atoms with E-state index in [9.17, 15) is 13.2 Å². The van der Waals surface area contributed by atoms with E-state index in [-0.39, 0.29) is 17.8 Å². The molecule has 0 spiro atoms. The van der Waals surface area contributed by atoms with Crippen molar-refractivity contribution < 1.29 is 17.9 Å². The Kier molecular flexibility index (Phi) is 4.80. The summed E-state index contributed by atoms with van der Waals surface area (Å²) in [4.78, 5) is 7.74. The van der Waals surface area contributed by atoms with E-state index in [2.05, 4.69) is 25.7 Å². The lowest BCUT2D eigenvalue weighted by atomic mass is 10.3. The predicted molar refractivity (Wildman–Crippen MR) is 85.9 cm³/mol. The fourth-order valence-corrected chi connectivity index (χ4v) is 2.59. The fraction of sp³-hybridized carbons (Fsp3) is 0.533. The first kappa shape index (κ1) is 17.5. The summed E-state index contributed by atoms with van der Waals surface area (Å²) in [6.45, 7) is 5.12. The highest BCUT2D eigenvalue weighted by Crippen LogP contribution is 2.34. The Balaban J connectivity index is 1.84. The molecule has 1 unspecified atom stereocenters. The predicted octanol–water partition coefficient (Wildman–Crippen LogP) is 3.14. The van der Waals surface area contributed by atoms with Crippen LogP contribution in [0.3, 0.4) is 0 Å². The van der Waals surface area contributed by atoms with E-state index < -0.39 is 11.7 Å². The van der Waals surface area contributed by atoms with Gasteiger partial charge < -0.3 is 15.4 Å². The van der Waals surface area contributed by atoms with Gasteiger partial charge in [-0.15, -0.1) is 0 Å². The maximum atomic E-state index is 13.0. The van der Waals surface area contributed by atoms with Crippen molar-refractivity contribution in [1.82, 2.24) is 19.7 Å². The maximum Gasteiger partial charge on any atom is 0.421 e. The van der Waals surface area contributed by atoms with E-state index in [1.165, 1.54) is 0 Å². The van der Waals surface area contributed by atoms with Crippen molar-refractivity contribution in [2.75, 3.05) is 30.4 Å². The topological polar surface area (TPSA) is 76.9 Å². The molecule has 0 aromatic carbocycles. The molecule has 2 aromatic heterocycles. The normalized spacial score (nSPS) is 17.7. The summed E-state index contributed by atoms with van der Waals surface area (Å²) in [6, 6.07) is 0.167. The second-order valence-electron chi connectivity index (χ2n) is 5.73. The zero-order valence-electron chi connectivity index (χ0n) is 13.9. The fourth-order valence-electron chi connectivity index (χ4n) is 2.59. The molecule has 1 atom stereocenters. The van der Waals surface area contributed by atoms with E-state index >= 15 is 0 Å². The molecule has 10 heteroatoms.